The van der Waals surface area contributed by atoms with Crippen molar-refractivity contribution in [2.45, 2.75) is 6.54 Å². The second-order valence-corrected chi connectivity index (χ2v) is 5.06. The lowest BCUT2D eigenvalue weighted by Gasteiger charge is -2.08. The summed E-state index contributed by atoms with van der Waals surface area (Å²) in [5.74, 6) is -1.39. The molecule has 0 saturated heterocycles. The number of nitrogens with one attached hydrogen (secondary N) is 1. The van der Waals surface area contributed by atoms with Crippen molar-refractivity contribution >= 4 is 17.0 Å². The number of aromatic nitrogens is 1. The number of fused-ring (bicyclic) bond motifs is 1. The molecule has 1 heterocycles. The number of para-hydroxylation sites is 3. The molecule has 0 spiro atoms. The first-order valence-corrected chi connectivity index (χ1v) is 7.37. The summed E-state index contributed by atoms with van der Waals surface area (Å²) in [5, 5.41) is 2.61. The molecule has 0 aliphatic rings. The van der Waals surface area contributed by atoms with Gasteiger partial charge in [0.1, 0.15) is 0 Å². The number of amides is 1. The van der Waals surface area contributed by atoms with E-state index in [1.807, 2.05) is 0 Å². The molecule has 1 amide bonds. The summed E-state index contributed by atoms with van der Waals surface area (Å²) in [6, 6.07) is 12.9. The Morgan fingerprint density at radius 3 is 2.75 bits per heavy atom. The summed E-state index contributed by atoms with van der Waals surface area (Å²) in [7, 11) is 0. The molecule has 0 fully saturated rings. The number of nitrogens with zero attached hydrogens (tertiary/aromatic N) is 1. The van der Waals surface area contributed by atoms with Crippen LogP contribution in [0.5, 0.6) is 5.75 Å². The smallest absolute Gasteiger partial charge is 0.420 e. The van der Waals surface area contributed by atoms with Crippen molar-refractivity contribution < 1.29 is 18.3 Å². The lowest BCUT2D eigenvalue weighted by molar-refractivity contribution is -0.123. The van der Waals surface area contributed by atoms with Gasteiger partial charge in [-0.15, -0.1) is 0 Å². The molecule has 0 aliphatic carbocycles. The zero-order valence-corrected chi connectivity index (χ0v) is 12.7. The summed E-state index contributed by atoms with van der Waals surface area (Å²) < 4.78 is 25.0. The van der Waals surface area contributed by atoms with E-state index in [0.29, 0.717) is 11.1 Å². The van der Waals surface area contributed by atoms with Gasteiger partial charge in [-0.2, -0.15) is 0 Å². The molecule has 24 heavy (non-hydrogen) atoms. The molecule has 3 aromatic rings. The zero-order chi connectivity index (χ0) is 16.9. The fraction of sp³-hybridized carbons (Fsp3) is 0.176. The van der Waals surface area contributed by atoms with Crippen molar-refractivity contribution in [2.75, 3.05) is 13.2 Å². The molecule has 1 N–H and O–H groups in total. The van der Waals surface area contributed by atoms with Crippen molar-refractivity contribution in [3.63, 3.8) is 0 Å². The Morgan fingerprint density at radius 1 is 1.17 bits per heavy atom. The molecule has 3 rings (SSSR count). The molecule has 0 bridgehead atoms. The molecule has 0 saturated carbocycles. The fourth-order valence-electron chi connectivity index (χ4n) is 2.29. The van der Waals surface area contributed by atoms with Crippen LogP contribution in [0.15, 0.2) is 57.7 Å². The Labute approximate surface area is 136 Å². The molecule has 2 aromatic carbocycles. The lowest BCUT2D eigenvalue weighted by Crippen LogP contribution is -2.33. The number of hydrogen-bond donors (Lipinski definition) is 1. The highest BCUT2D eigenvalue weighted by Crippen LogP contribution is 2.15. The second kappa shape index (κ2) is 6.99. The molecule has 0 radical (unpaired) electrons. The van der Waals surface area contributed by atoms with Crippen molar-refractivity contribution in [3.8, 4) is 5.75 Å². The molecular weight excluding hydrogens is 315 g/mol. The average Bonchev–Trinajstić information content (AvgIpc) is 2.90. The quantitative estimate of drug-likeness (QED) is 0.749. The Kier molecular flexibility index (Phi) is 4.60. The summed E-state index contributed by atoms with van der Waals surface area (Å²) in [4.78, 5) is 23.5. The SMILES string of the molecule is O=C(COc1ccccc1F)NCCn1c(=O)oc2ccccc21. The molecule has 1 aromatic heterocycles. The van der Waals surface area contributed by atoms with Crippen LogP contribution in [0.4, 0.5) is 4.39 Å². The number of carbonyl (C=O) groups excluding carboxylic acids is 1. The van der Waals surface area contributed by atoms with E-state index >= 15 is 0 Å². The standard InChI is InChI=1S/C17H15FN2O4/c18-12-5-1-3-7-14(12)23-11-16(21)19-9-10-20-13-6-2-4-8-15(13)24-17(20)22/h1-8H,9-11H2,(H,19,21). The Balaban J connectivity index is 1.52. The largest absolute Gasteiger partial charge is 0.481 e. The number of hydrogen-bond acceptors (Lipinski definition) is 4. The second-order valence-electron chi connectivity index (χ2n) is 5.06. The summed E-state index contributed by atoms with van der Waals surface area (Å²) in [6.07, 6.45) is 0. The van der Waals surface area contributed by atoms with Gasteiger partial charge in [0.15, 0.2) is 23.8 Å². The maximum atomic E-state index is 13.4. The van der Waals surface area contributed by atoms with Gasteiger partial charge in [-0.1, -0.05) is 24.3 Å². The molecule has 0 atom stereocenters. The van der Waals surface area contributed by atoms with Gasteiger partial charge in [-0.3, -0.25) is 9.36 Å². The van der Waals surface area contributed by atoms with Gasteiger partial charge >= 0.3 is 5.76 Å². The van der Waals surface area contributed by atoms with Crippen LogP contribution in [0.2, 0.25) is 0 Å². The number of carbonyl (C=O) groups is 1. The monoisotopic (exact) mass is 330 g/mol. The normalized spacial score (nSPS) is 10.7. The van der Waals surface area contributed by atoms with Crippen LogP contribution in [-0.2, 0) is 11.3 Å². The highest BCUT2D eigenvalue weighted by Gasteiger charge is 2.09. The Morgan fingerprint density at radius 2 is 1.92 bits per heavy atom. The van der Waals surface area contributed by atoms with Crippen molar-refractivity contribution in [3.05, 3.63) is 64.9 Å². The van der Waals surface area contributed by atoms with E-state index in [0.717, 1.165) is 0 Å². The van der Waals surface area contributed by atoms with Crippen molar-refractivity contribution in [2.24, 2.45) is 0 Å². The maximum Gasteiger partial charge on any atom is 0.420 e. The van der Waals surface area contributed by atoms with Crippen LogP contribution in [0.1, 0.15) is 0 Å². The maximum absolute atomic E-state index is 13.4. The molecule has 0 aliphatic heterocycles. The number of benzene rings is 2. The van der Waals surface area contributed by atoms with E-state index in [9.17, 15) is 14.0 Å². The molecule has 6 nitrogen and oxygen atoms in total. The first-order valence-electron chi connectivity index (χ1n) is 7.37. The minimum atomic E-state index is -0.526. The fourth-order valence-corrected chi connectivity index (χ4v) is 2.29. The minimum absolute atomic E-state index is 0.0182. The summed E-state index contributed by atoms with van der Waals surface area (Å²) in [6.45, 7) is 0.187. The third-order valence-electron chi connectivity index (χ3n) is 3.43. The first kappa shape index (κ1) is 15.8. The van der Waals surface area contributed by atoms with Gasteiger partial charge in [-0.25, -0.2) is 9.18 Å². The van der Waals surface area contributed by atoms with Gasteiger partial charge in [0, 0.05) is 13.1 Å². The number of rotatable bonds is 6. The number of halogens is 1. The Bertz CT molecular complexity index is 916. The van der Waals surface area contributed by atoms with E-state index in [2.05, 4.69) is 5.32 Å². The Hall–Kier alpha value is -3.09. The van der Waals surface area contributed by atoms with E-state index in [-0.39, 0.29) is 25.4 Å². The van der Waals surface area contributed by atoms with Gasteiger partial charge in [-0.05, 0) is 24.3 Å². The molecular formula is C17H15FN2O4. The predicted octanol–water partition coefficient (Wildman–Crippen LogP) is 1.93. The van der Waals surface area contributed by atoms with Crippen LogP contribution in [0.3, 0.4) is 0 Å². The van der Waals surface area contributed by atoms with E-state index < -0.39 is 17.5 Å². The summed E-state index contributed by atoms with van der Waals surface area (Å²) in [5.41, 5.74) is 1.16. The average molecular weight is 330 g/mol. The highest BCUT2D eigenvalue weighted by molar-refractivity contribution is 5.77. The van der Waals surface area contributed by atoms with Gasteiger partial charge < -0.3 is 14.5 Å². The molecule has 0 unspecified atom stereocenters. The minimum Gasteiger partial charge on any atom is -0.481 e. The van der Waals surface area contributed by atoms with E-state index in [1.54, 1.807) is 30.3 Å². The molecule has 124 valence electrons. The van der Waals surface area contributed by atoms with Crippen LogP contribution in [0.25, 0.3) is 11.1 Å². The van der Waals surface area contributed by atoms with Gasteiger partial charge in [0.25, 0.3) is 5.91 Å². The van der Waals surface area contributed by atoms with Gasteiger partial charge in [0.05, 0.1) is 5.52 Å². The third kappa shape index (κ3) is 3.45. The van der Waals surface area contributed by atoms with Crippen LogP contribution < -0.4 is 15.8 Å². The number of ether oxygens (including phenoxy) is 1. The highest BCUT2D eigenvalue weighted by atomic mass is 19.1. The zero-order valence-electron chi connectivity index (χ0n) is 12.7. The van der Waals surface area contributed by atoms with E-state index in [4.69, 9.17) is 9.15 Å². The predicted molar refractivity (Wildman–Crippen MR) is 85.4 cm³/mol. The topological polar surface area (TPSA) is 73.5 Å². The van der Waals surface area contributed by atoms with Crippen molar-refractivity contribution in [1.82, 2.24) is 9.88 Å². The van der Waals surface area contributed by atoms with Gasteiger partial charge in [0.2, 0.25) is 0 Å². The molecule has 7 heteroatoms. The number of oxazole rings is 1. The van der Waals surface area contributed by atoms with Crippen molar-refractivity contribution in [1.29, 1.82) is 0 Å². The van der Waals surface area contributed by atoms with Crippen LogP contribution >= 0.6 is 0 Å². The lowest BCUT2D eigenvalue weighted by atomic mass is 10.3. The summed E-state index contributed by atoms with van der Waals surface area (Å²) >= 11 is 0. The first-order chi connectivity index (χ1) is 11.6. The van der Waals surface area contributed by atoms with E-state index in [1.165, 1.54) is 22.8 Å². The third-order valence-corrected chi connectivity index (χ3v) is 3.43. The van der Waals surface area contributed by atoms with Crippen LogP contribution in [0, 0.1) is 5.82 Å². The van der Waals surface area contributed by atoms with Crippen LogP contribution in [-0.4, -0.2) is 23.6 Å².